The van der Waals surface area contributed by atoms with Crippen LogP contribution in [0.3, 0.4) is 0 Å². The molecule has 0 saturated heterocycles. The summed E-state index contributed by atoms with van der Waals surface area (Å²) in [5, 5.41) is 11.4. The minimum atomic E-state index is -0.128. The summed E-state index contributed by atoms with van der Waals surface area (Å²) in [5.74, 6) is 0.382. The van der Waals surface area contributed by atoms with Crippen molar-refractivity contribution in [2.75, 3.05) is 0 Å². The summed E-state index contributed by atoms with van der Waals surface area (Å²) in [6.07, 6.45) is 8.24. The molecule has 0 unspecified atom stereocenters. The van der Waals surface area contributed by atoms with Crippen LogP contribution in [0.1, 0.15) is 59.6 Å². The van der Waals surface area contributed by atoms with Crippen molar-refractivity contribution in [2.45, 2.75) is 38.0 Å². The van der Waals surface area contributed by atoms with Crippen LogP contribution in [0.25, 0.3) is 32.9 Å². The lowest BCUT2D eigenvalue weighted by molar-refractivity contribution is 0.103. The van der Waals surface area contributed by atoms with E-state index in [-0.39, 0.29) is 5.78 Å². The third-order valence-corrected chi connectivity index (χ3v) is 7.00. The Labute approximate surface area is 198 Å². The Hall–Kier alpha value is -3.92. The van der Waals surface area contributed by atoms with Gasteiger partial charge in [-0.15, -0.1) is 10.2 Å². The number of hydrogen-bond donors (Lipinski definition) is 0. The molecule has 1 aliphatic carbocycles. The van der Waals surface area contributed by atoms with Gasteiger partial charge in [-0.2, -0.15) is 0 Å². The summed E-state index contributed by atoms with van der Waals surface area (Å²) in [4.78, 5) is 18.3. The van der Waals surface area contributed by atoms with Gasteiger partial charge in [0, 0.05) is 28.1 Å². The highest BCUT2D eigenvalue weighted by atomic mass is 16.1. The van der Waals surface area contributed by atoms with Gasteiger partial charge in [0.15, 0.2) is 0 Å². The number of hydrogen-bond acceptors (Lipinski definition) is 4. The average molecular weight is 444 g/mol. The quantitative estimate of drug-likeness (QED) is 0.277. The maximum absolute atomic E-state index is 13.6. The maximum Gasteiger partial charge on any atom is 0.213 e. The lowest BCUT2D eigenvalue weighted by Crippen LogP contribution is -2.05. The first-order valence-corrected chi connectivity index (χ1v) is 12.0. The van der Waals surface area contributed by atoms with E-state index in [1.807, 2.05) is 72.9 Å². The molecule has 1 aliphatic rings. The van der Waals surface area contributed by atoms with Crippen molar-refractivity contribution in [3.63, 3.8) is 0 Å². The largest absolute Gasteiger partial charge is 0.287 e. The molecule has 2 aromatic heterocycles. The smallest absolute Gasteiger partial charge is 0.213 e. The molecule has 1 fully saturated rings. The molecule has 34 heavy (non-hydrogen) atoms. The molecule has 4 heteroatoms. The first-order valence-electron chi connectivity index (χ1n) is 12.0. The monoisotopic (exact) mass is 443 g/mol. The van der Waals surface area contributed by atoms with Crippen LogP contribution in [0.5, 0.6) is 0 Å². The molecule has 0 bridgehead atoms. The minimum absolute atomic E-state index is 0.128. The average Bonchev–Trinajstić information content (AvgIpc) is 3.24. The Kier molecular flexibility index (Phi) is 5.34. The van der Waals surface area contributed by atoms with Gasteiger partial charge in [0.25, 0.3) is 0 Å². The predicted octanol–water partition coefficient (Wildman–Crippen LogP) is 7.12. The lowest BCUT2D eigenvalue weighted by Gasteiger charge is -2.21. The van der Waals surface area contributed by atoms with E-state index in [9.17, 15) is 4.79 Å². The van der Waals surface area contributed by atoms with Crippen molar-refractivity contribution >= 4 is 27.6 Å². The van der Waals surface area contributed by atoms with Crippen LogP contribution in [0.4, 0.5) is 0 Å². The molecular weight excluding hydrogens is 418 g/mol. The fraction of sp³-hybridized carbons (Fsp3) is 0.200. The molecule has 5 aromatic rings. The molecule has 0 N–H and O–H groups in total. The first-order chi connectivity index (χ1) is 16.8. The van der Waals surface area contributed by atoms with E-state index < -0.39 is 0 Å². The van der Waals surface area contributed by atoms with E-state index in [2.05, 4.69) is 17.2 Å². The fourth-order valence-corrected chi connectivity index (χ4v) is 5.25. The summed E-state index contributed by atoms with van der Waals surface area (Å²) < 4.78 is 0. The molecule has 0 aliphatic heterocycles. The third-order valence-electron chi connectivity index (χ3n) is 7.00. The zero-order valence-corrected chi connectivity index (χ0v) is 18.9. The number of rotatable bonds is 4. The van der Waals surface area contributed by atoms with Crippen LogP contribution in [0.2, 0.25) is 0 Å². The van der Waals surface area contributed by atoms with Crippen molar-refractivity contribution < 1.29 is 4.79 Å². The molecule has 1 saturated carbocycles. The van der Waals surface area contributed by atoms with Crippen molar-refractivity contribution in [1.29, 1.82) is 0 Å². The maximum atomic E-state index is 13.6. The highest BCUT2D eigenvalue weighted by Gasteiger charge is 2.22. The summed E-state index contributed by atoms with van der Waals surface area (Å²) in [7, 11) is 0. The lowest BCUT2D eigenvalue weighted by atomic mass is 9.84. The predicted molar refractivity (Wildman–Crippen MR) is 136 cm³/mol. The Morgan fingerprint density at radius 2 is 1.53 bits per heavy atom. The van der Waals surface area contributed by atoms with Crippen LogP contribution in [0, 0.1) is 0 Å². The van der Waals surface area contributed by atoms with Crippen LogP contribution >= 0.6 is 0 Å². The van der Waals surface area contributed by atoms with Gasteiger partial charge in [0.1, 0.15) is 11.2 Å². The molecule has 0 amide bonds. The number of fused-ring (bicyclic) bond motifs is 3. The van der Waals surface area contributed by atoms with Crippen molar-refractivity contribution in [2.24, 2.45) is 0 Å². The molecule has 0 atom stereocenters. The van der Waals surface area contributed by atoms with Crippen LogP contribution in [-0.4, -0.2) is 21.0 Å². The summed E-state index contributed by atoms with van der Waals surface area (Å²) in [5.41, 5.74) is 5.74. The fourth-order valence-electron chi connectivity index (χ4n) is 5.25. The van der Waals surface area contributed by atoms with E-state index in [4.69, 9.17) is 10.1 Å². The standard InChI is InChI=1S/C30H25N3O/c34-30(22-14-8-3-9-15-22)29-24(20-10-4-1-5-11-20)18-23-16-17-26-27(28(23)32-33-29)25(19-31-26)21-12-6-2-7-13-21/h1,3-5,8-11,14-19,21H,2,6-7,12-13H2. The molecule has 2 heterocycles. The molecule has 6 rings (SSSR count). The van der Waals surface area contributed by atoms with Crippen molar-refractivity contribution in [3.8, 4) is 11.1 Å². The Morgan fingerprint density at radius 3 is 2.29 bits per heavy atom. The van der Waals surface area contributed by atoms with Gasteiger partial charge in [-0.3, -0.25) is 9.78 Å². The van der Waals surface area contributed by atoms with E-state index >= 15 is 0 Å². The number of carbonyl (C=O) groups is 1. The summed E-state index contributed by atoms with van der Waals surface area (Å²) >= 11 is 0. The highest BCUT2D eigenvalue weighted by Crippen LogP contribution is 2.39. The van der Waals surface area contributed by atoms with Gasteiger partial charge in [0.05, 0.1) is 5.52 Å². The van der Waals surface area contributed by atoms with Gasteiger partial charge < -0.3 is 0 Å². The van der Waals surface area contributed by atoms with Crippen LogP contribution < -0.4 is 0 Å². The molecule has 4 nitrogen and oxygen atoms in total. The first kappa shape index (κ1) is 20.7. The van der Waals surface area contributed by atoms with E-state index in [1.54, 1.807) is 0 Å². The molecule has 0 radical (unpaired) electrons. The number of nitrogens with zero attached hydrogens (tertiary/aromatic N) is 3. The second-order valence-electron chi connectivity index (χ2n) is 9.11. The Bertz CT molecular complexity index is 1490. The summed E-state index contributed by atoms with van der Waals surface area (Å²) in [6, 6.07) is 25.5. The van der Waals surface area contributed by atoms with Crippen molar-refractivity contribution in [3.05, 3.63) is 102 Å². The van der Waals surface area contributed by atoms with E-state index in [0.717, 1.165) is 32.9 Å². The number of benzene rings is 3. The van der Waals surface area contributed by atoms with E-state index in [0.29, 0.717) is 17.2 Å². The zero-order valence-electron chi connectivity index (χ0n) is 18.9. The molecule has 3 aromatic carbocycles. The second-order valence-corrected chi connectivity index (χ2v) is 9.11. The van der Waals surface area contributed by atoms with Gasteiger partial charge in [-0.05, 0) is 42.0 Å². The molecular formula is C30H25N3O. The normalized spacial score (nSPS) is 14.5. The number of carbonyl (C=O) groups excluding carboxylic acids is 1. The van der Waals surface area contributed by atoms with Gasteiger partial charge >= 0.3 is 0 Å². The van der Waals surface area contributed by atoms with Gasteiger partial charge in [-0.1, -0.05) is 86.0 Å². The molecule has 166 valence electrons. The van der Waals surface area contributed by atoms with Gasteiger partial charge in [0.2, 0.25) is 5.78 Å². The minimum Gasteiger partial charge on any atom is -0.287 e. The Balaban J connectivity index is 1.62. The summed E-state index contributed by atoms with van der Waals surface area (Å²) in [6.45, 7) is 0. The zero-order chi connectivity index (χ0) is 22.9. The van der Waals surface area contributed by atoms with Crippen LogP contribution in [-0.2, 0) is 0 Å². The highest BCUT2D eigenvalue weighted by molar-refractivity contribution is 6.13. The van der Waals surface area contributed by atoms with Gasteiger partial charge in [-0.25, -0.2) is 0 Å². The van der Waals surface area contributed by atoms with E-state index in [1.165, 1.54) is 37.7 Å². The molecule has 0 spiro atoms. The second kappa shape index (κ2) is 8.79. The number of ketones is 1. The van der Waals surface area contributed by atoms with Crippen molar-refractivity contribution in [1.82, 2.24) is 15.2 Å². The van der Waals surface area contributed by atoms with Crippen LogP contribution in [0.15, 0.2) is 85.1 Å². The Morgan fingerprint density at radius 1 is 0.794 bits per heavy atom. The number of aromatic nitrogens is 3. The third kappa shape index (κ3) is 3.65. The SMILES string of the molecule is O=C(c1ccccc1)c1nnc2c(ccc3ncc(C4CCCCC4)c32)cc1-c1ccccc1. The topological polar surface area (TPSA) is 55.7 Å².